The second-order valence-electron chi connectivity index (χ2n) is 6.51. The van der Waals surface area contributed by atoms with Crippen molar-refractivity contribution in [2.24, 2.45) is 5.73 Å². The predicted octanol–water partition coefficient (Wildman–Crippen LogP) is 3.71. The highest BCUT2D eigenvalue weighted by Crippen LogP contribution is 2.43. The molecule has 0 saturated carbocycles. The molecule has 0 bridgehead atoms. The highest BCUT2D eigenvalue weighted by molar-refractivity contribution is 7.92. The van der Waals surface area contributed by atoms with Crippen LogP contribution < -0.4 is 15.2 Å². The van der Waals surface area contributed by atoms with Crippen LogP contribution in [-0.4, -0.2) is 8.42 Å². The first kappa shape index (κ1) is 18.6. The molecule has 0 spiro atoms. The molecule has 1 unspecified atom stereocenters. The number of nitrogens with one attached hydrogen (secondary N) is 1. The van der Waals surface area contributed by atoms with Crippen molar-refractivity contribution in [2.45, 2.75) is 10.8 Å². The normalized spacial score (nSPS) is 15.8. The van der Waals surface area contributed by atoms with E-state index in [0.29, 0.717) is 17.0 Å². The lowest BCUT2D eigenvalue weighted by molar-refractivity contribution is 0.394. The van der Waals surface area contributed by atoms with Crippen molar-refractivity contribution < 1.29 is 13.2 Å². The van der Waals surface area contributed by atoms with Crippen molar-refractivity contribution in [1.29, 1.82) is 5.26 Å². The molecule has 0 amide bonds. The quantitative estimate of drug-likeness (QED) is 0.691. The van der Waals surface area contributed by atoms with Gasteiger partial charge < -0.3 is 10.5 Å². The summed E-state index contributed by atoms with van der Waals surface area (Å²) in [6, 6.07) is 24.7. The van der Waals surface area contributed by atoms with Gasteiger partial charge >= 0.3 is 0 Å². The van der Waals surface area contributed by atoms with Crippen LogP contribution in [0, 0.1) is 11.3 Å². The molecule has 6 nitrogen and oxygen atoms in total. The van der Waals surface area contributed by atoms with Gasteiger partial charge in [0.05, 0.1) is 16.5 Å². The zero-order valence-electron chi connectivity index (χ0n) is 15.2. The summed E-state index contributed by atoms with van der Waals surface area (Å²) in [5, 5.41) is 9.59. The molecule has 0 aromatic heterocycles. The topological polar surface area (TPSA) is 105 Å². The van der Waals surface area contributed by atoms with Crippen molar-refractivity contribution in [3.63, 3.8) is 0 Å². The molecule has 7 heteroatoms. The third-order valence-corrected chi connectivity index (χ3v) is 6.05. The first-order valence-corrected chi connectivity index (χ1v) is 10.3. The summed E-state index contributed by atoms with van der Waals surface area (Å²) < 4.78 is 33.4. The number of ether oxygens (including phenoxy) is 1. The molecule has 1 atom stereocenters. The molecule has 1 heterocycles. The van der Waals surface area contributed by atoms with Crippen molar-refractivity contribution >= 4 is 15.7 Å². The van der Waals surface area contributed by atoms with Gasteiger partial charge in [-0.1, -0.05) is 54.6 Å². The summed E-state index contributed by atoms with van der Waals surface area (Å²) in [5.74, 6) is 0.0327. The van der Waals surface area contributed by atoms with Crippen LogP contribution in [0.15, 0.2) is 95.2 Å². The number of hydrogen-bond donors (Lipinski definition) is 2. The Morgan fingerprint density at radius 2 is 1.62 bits per heavy atom. The van der Waals surface area contributed by atoms with E-state index in [2.05, 4.69) is 10.8 Å². The van der Waals surface area contributed by atoms with Gasteiger partial charge in [-0.25, -0.2) is 8.42 Å². The monoisotopic (exact) mass is 403 g/mol. The minimum atomic E-state index is -3.74. The fraction of sp³-hybridized carbons (Fsp3) is 0.0455. The molecule has 0 fully saturated rings. The fourth-order valence-electron chi connectivity index (χ4n) is 3.32. The van der Waals surface area contributed by atoms with E-state index in [1.165, 1.54) is 12.1 Å². The number of nitriles is 1. The summed E-state index contributed by atoms with van der Waals surface area (Å²) in [6.07, 6.45) is 0. The Balaban J connectivity index is 1.74. The summed E-state index contributed by atoms with van der Waals surface area (Å²) in [4.78, 5) is 0.159. The number of nitrogens with two attached hydrogens (primary N) is 1. The molecular weight excluding hydrogens is 386 g/mol. The van der Waals surface area contributed by atoms with E-state index in [4.69, 9.17) is 10.5 Å². The lowest BCUT2D eigenvalue weighted by Gasteiger charge is -2.27. The van der Waals surface area contributed by atoms with E-state index >= 15 is 0 Å². The number of allylic oxidation sites excluding steroid dienone is 1. The summed E-state index contributed by atoms with van der Waals surface area (Å²) >= 11 is 0. The van der Waals surface area contributed by atoms with Gasteiger partial charge in [0.2, 0.25) is 5.88 Å². The second-order valence-corrected chi connectivity index (χ2v) is 8.19. The highest BCUT2D eigenvalue weighted by Gasteiger charge is 2.30. The standard InChI is InChI=1S/C22H17N3O3S/c23-14-19-21(15-7-3-1-4-8-15)18-12-11-16(13-20(18)28-22(19)24)25-29(26,27)17-9-5-2-6-10-17/h1-13,21,25H,24H2. The molecule has 29 heavy (non-hydrogen) atoms. The van der Waals surface area contributed by atoms with E-state index in [-0.39, 0.29) is 16.7 Å². The van der Waals surface area contributed by atoms with Gasteiger partial charge in [-0.15, -0.1) is 0 Å². The molecule has 1 aliphatic rings. The Kier molecular flexibility index (Phi) is 4.71. The average Bonchev–Trinajstić information content (AvgIpc) is 2.73. The third-order valence-electron chi connectivity index (χ3n) is 4.66. The molecule has 3 N–H and O–H groups in total. The first-order chi connectivity index (χ1) is 14.0. The Labute approximate surface area is 168 Å². The Bertz CT molecular complexity index is 1230. The van der Waals surface area contributed by atoms with E-state index in [1.54, 1.807) is 36.4 Å². The molecule has 0 aliphatic carbocycles. The highest BCUT2D eigenvalue weighted by atomic mass is 32.2. The van der Waals surface area contributed by atoms with Gasteiger partial charge in [0.25, 0.3) is 10.0 Å². The van der Waals surface area contributed by atoms with Gasteiger partial charge in [-0.05, 0) is 23.8 Å². The summed E-state index contributed by atoms with van der Waals surface area (Å²) in [6.45, 7) is 0. The number of hydrogen-bond acceptors (Lipinski definition) is 5. The predicted molar refractivity (Wildman–Crippen MR) is 109 cm³/mol. The maximum atomic E-state index is 12.6. The first-order valence-electron chi connectivity index (χ1n) is 8.84. The average molecular weight is 403 g/mol. The van der Waals surface area contributed by atoms with Crippen molar-refractivity contribution in [3.05, 3.63) is 101 Å². The fourth-order valence-corrected chi connectivity index (χ4v) is 4.39. The minimum Gasteiger partial charge on any atom is -0.440 e. The molecule has 144 valence electrons. The maximum absolute atomic E-state index is 12.6. The van der Waals surface area contributed by atoms with Crippen LogP contribution in [-0.2, 0) is 10.0 Å². The van der Waals surface area contributed by atoms with Crippen molar-refractivity contribution in [3.8, 4) is 11.8 Å². The Morgan fingerprint density at radius 3 is 2.28 bits per heavy atom. The summed E-state index contributed by atoms with van der Waals surface area (Å²) in [7, 11) is -3.74. The number of fused-ring (bicyclic) bond motifs is 1. The van der Waals surface area contributed by atoms with Crippen LogP contribution in [0.5, 0.6) is 5.75 Å². The van der Waals surface area contributed by atoms with Gasteiger partial charge in [0.15, 0.2) is 0 Å². The maximum Gasteiger partial charge on any atom is 0.261 e. The molecule has 0 radical (unpaired) electrons. The zero-order chi connectivity index (χ0) is 20.4. The zero-order valence-corrected chi connectivity index (χ0v) is 16.1. The minimum absolute atomic E-state index is 0.0110. The van der Waals surface area contributed by atoms with Crippen LogP contribution in [0.1, 0.15) is 17.0 Å². The molecule has 3 aromatic carbocycles. The molecular formula is C22H17N3O3S. The van der Waals surface area contributed by atoms with Crippen LogP contribution in [0.3, 0.4) is 0 Å². The smallest absolute Gasteiger partial charge is 0.261 e. The molecule has 3 aromatic rings. The van der Waals surface area contributed by atoms with E-state index in [9.17, 15) is 13.7 Å². The SMILES string of the molecule is N#CC1=C(N)Oc2cc(NS(=O)(=O)c3ccccc3)ccc2C1c1ccccc1. The van der Waals surface area contributed by atoms with Crippen LogP contribution in [0.4, 0.5) is 5.69 Å². The number of anilines is 1. The van der Waals surface area contributed by atoms with Gasteiger partial charge in [0, 0.05) is 11.6 Å². The van der Waals surface area contributed by atoms with Gasteiger partial charge in [-0.3, -0.25) is 4.72 Å². The third kappa shape index (κ3) is 3.53. The van der Waals surface area contributed by atoms with Crippen LogP contribution in [0.25, 0.3) is 0 Å². The Hall–Kier alpha value is -3.76. The molecule has 1 aliphatic heterocycles. The molecule has 4 rings (SSSR count). The lowest BCUT2D eigenvalue weighted by Crippen LogP contribution is -2.21. The molecule has 0 saturated heterocycles. The lowest BCUT2D eigenvalue weighted by atomic mass is 9.83. The van der Waals surface area contributed by atoms with Gasteiger partial charge in [-0.2, -0.15) is 5.26 Å². The van der Waals surface area contributed by atoms with Crippen molar-refractivity contribution in [1.82, 2.24) is 0 Å². The van der Waals surface area contributed by atoms with Gasteiger partial charge in [0.1, 0.15) is 17.4 Å². The van der Waals surface area contributed by atoms with Crippen molar-refractivity contribution in [2.75, 3.05) is 4.72 Å². The number of sulfonamides is 1. The number of benzene rings is 3. The van der Waals surface area contributed by atoms with Crippen LogP contribution >= 0.6 is 0 Å². The summed E-state index contributed by atoms with van der Waals surface area (Å²) in [5.41, 5.74) is 8.30. The largest absolute Gasteiger partial charge is 0.440 e. The van der Waals surface area contributed by atoms with E-state index < -0.39 is 10.0 Å². The number of rotatable bonds is 4. The van der Waals surface area contributed by atoms with E-state index in [0.717, 1.165) is 11.1 Å². The number of nitrogens with zero attached hydrogens (tertiary/aromatic N) is 1. The van der Waals surface area contributed by atoms with Crippen LogP contribution in [0.2, 0.25) is 0 Å². The Morgan fingerprint density at radius 1 is 0.966 bits per heavy atom. The van der Waals surface area contributed by atoms with E-state index in [1.807, 2.05) is 30.3 Å². The second kappa shape index (κ2) is 7.34.